The summed E-state index contributed by atoms with van der Waals surface area (Å²) in [6.07, 6.45) is 1.32. The molecule has 1 heterocycles. The second kappa shape index (κ2) is 7.89. The summed E-state index contributed by atoms with van der Waals surface area (Å²) >= 11 is 6.21. The Bertz CT molecular complexity index is 983. The number of methoxy groups -OCH3 is 1. The summed E-state index contributed by atoms with van der Waals surface area (Å²) < 4.78 is 10.5. The van der Waals surface area contributed by atoms with Crippen molar-refractivity contribution in [1.82, 2.24) is 4.98 Å². The molecule has 0 spiro atoms. The van der Waals surface area contributed by atoms with Gasteiger partial charge in [-0.3, -0.25) is 4.79 Å². The van der Waals surface area contributed by atoms with E-state index in [4.69, 9.17) is 21.1 Å². The topological polar surface area (TPSA) is 68.4 Å². The average molecular weight is 370 g/mol. The van der Waals surface area contributed by atoms with Gasteiger partial charge >= 0.3 is 5.97 Å². The van der Waals surface area contributed by atoms with Crippen LogP contribution in [0.15, 0.2) is 65.6 Å². The molecule has 1 aromatic heterocycles. The molecule has 26 heavy (non-hydrogen) atoms. The lowest BCUT2D eigenvalue weighted by molar-refractivity contribution is 0.0600. The number of hydrogen-bond donors (Lipinski definition) is 1. The van der Waals surface area contributed by atoms with Crippen LogP contribution in [0.2, 0.25) is 5.02 Å². The maximum Gasteiger partial charge on any atom is 0.339 e. The summed E-state index contributed by atoms with van der Waals surface area (Å²) in [5.41, 5.74) is 1.84. The molecule has 0 aliphatic rings. The van der Waals surface area contributed by atoms with Crippen molar-refractivity contribution in [2.45, 2.75) is 6.61 Å². The van der Waals surface area contributed by atoms with Crippen LogP contribution in [0.3, 0.4) is 0 Å². The number of aromatic amines is 1. The van der Waals surface area contributed by atoms with Gasteiger partial charge in [0.1, 0.15) is 12.4 Å². The van der Waals surface area contributed by atoms with Gasteiger partial charge < -0.3 is 14.5 Å². The summed E-state index contributed by atoms with van der Waals surface area (Å²) in [5, 5.41) is 0.435. The summed E-state index contributed by atoms with van der Waals surface area (Å²) in [6, 6.07) is 16.2. The third-order valence-electron chi connectivity index (χ3n) is 3.80. The first kappa shape index (κ1) is 17.8. The van der Waals surface area contributed by atoms with Crippen LogP contribution in [0.4, 0.5) is 0 Å². The maximum absolute atomic E-state index is 12.2. The van der Waals surface area contributed by atoms with Crippen LogP contribution in [0, 0.1) is 0 Å². The van der Waals surface area contributed by atoms with Crippen LogP contribution < -0.4 is 10.3 Å². The second-order valence-corrected chi connectivity index (χ2v) is 5.95. The first-order valence-electron chi connectivity index (χ1n) is 7.86. The number of pyridine rings is 1. The Hall–Kier alpha value is -3.05. The lowest BCUT2D eigenvalue weighted by Crippen LogP contribution is -2.12. The van der Waals surface area contributed by atoms with E-state index in [9.17, 15) is 9.59 Å². The zero-order valence-electron chi connectivity index (χ0n) is 14.0. The molecule has 0 unspecified atom stereocenters. The quantitative estimate of drug-likeness (QED) is 0.688. The Labute approximate surface area is 155 Å². The Morgan fingerprint density at radius 2 is 1.88 bits per heavy atom. The number of H-pyrrole nitrogens is 1. The van der Waals surface area contributed by atoms with Crippen LogP contribution in [-0.2, 0) is 11.3 Å². The summed E-state index contributed by atoms with van der Waals surface area (Å²) in [5.74, 6) is -0.0760. The van der Waals surface area contributed by atoms with Crippen molar-refractivity contribution in [3.63, 3.8) is 0 Å². The zero-order chi connectivity index (χ0) is 18.5. The number of carbonyl (C=O) groups is 1. The number of halogens is 1. The summed E-state index contributed by atoms with van der Waals surface area (Å²) in [4.78, 5) is 26.4. The van der Waals surface area contributed by atoms with Gasteiger partial charge in [0.15, 0.2) is 0 Å². The third-order valence-corrected chi connectivity index (χ3v) is 4.12. The Balaban J connectivity index is 1.92. The van der Waals surface area contributed by atoms with Crippen molar-refractivity contribution >= 4 is 17.6 Å². The molecule has 0 fully saturated rings. The summed E-state index contributed by atoms with van der Waals surface area (Å²) in [6.45, 7) is 0.350. The molecule has 0 radical (unpaired) electrons. The smallest absolute Gasteiger partial charge is 0.339 e. The van der Waals surface area contributed by atoms with Gasteiger partial charge in [0.25, 0.3) is 5.56 Å². The molecule has 5 nitrogen and oxygen atoms in total. The molecule has 3 rings (SSSR count). The molecule has 0 amide bonds. The fourth-order valence-corrected chi connectivity index (χ4v) is 2.62. The summed E-state index contributed by atoms with van der Waals surface area (Å²) in [7, 11) is 1.28. The number of rotatable bonds is 5. The lowest BCUT2D eigenvalue weighted by Gasteiger charge is -2.10. The number of nitrogens with one attached hydrogen (secondary N) is 1. The first-order chi connectivity index (χ1) is 12.6. The van der Waals surface area contributed by atoms with Gasteiger partial charge in [-0.15, -0.1) is 0 Å². The van der Waals surface area contributed by atoms with Crippen LogP contribution in [0.25, 0.3) is 11.1 Å². The minimum atomic E-state index is -0.531. The molecule has 0 bridgehead atoms. The van der Waals surface area contributed by atoms with Gasteiger partial charge in [-0.25, -0.2) is 4.79 Å². The number of ether oxygens (including phenoxy) is 2. The van der Waals surface area contributed by atoms with E-state index in [2.05, 4.69) is 4.98 Å². The van der Waals surface area contributed by atoms with Gasteiger partial charge in [0.2, 0.25) is 0 Å². The Morgan fingerprint density at radius 3 is 2.62 bits per heavy atom. The van der Waals surface area contributed by atoms with Crippen molar-refractivity contribution in [1.29, 1.82) is 0 Å². The molecular formula is C20H16ClNO4. The third kappa shape index (κ3) is 3.95. The molecular weight excluding hydrogens is 354 g/mol. The second-order valence-electron chi connectivity index (χ2n) is 5.54. The highest BCUT2D eigenvalue weighted by atomic mass is 35.5. The number of hydrogen-bond acceptors (Lipinski definition) is 4. The molecule has 2 aromatic carbocycles. The zero-order valence-corrected chi connectivity index (χ0v) is 14.7. The minimum absolute atomic E-state index is 0.254. The minimum Gasteiger partial charge on any atom is -0.487 e. The Kier molecular flexibility index (Phi) is 5.39. The van der Waals surface area contributed by atoms with Gasteiger partial charge in [0, 0.05) is 11.8 Å². The van der Waals surface area contributed by atoms with E-state index >= 15 is 0 Å². The molecule has 3 aromatic rings. The molecule has 6 heteroatoms. The Morgan fingerprint density at radius 1 is 1.12 bits per heavy atom. The van der Waals surface area contributed by atoms with Crippen LogP contribution in [0.5, 0.6) is 5.75 Å². The molecule has 0 aliphatic heterocycles. The molecule has 0 atom stereocenters. The normalized spacial score (nSPS) is 10.4. The van der Waals surface area contributed by atoms with E-state index in [1.54, 1.807) is 18.2 Å². The SMILES string of the molecule is COC(=O)c1c[nH]c(=O)c(-c2ccc(Cl)c(OCc3ccccc3)c2)c1. The molecule has 0 saturated carbocycles. The highest BCUT2D eigenvalue weighted by Crippen LogP contribution is 2.30. The van der Waals surface area contributed by atoms with Gasteiger partial charge in [-0.1, -0.05) is 48.0 Å². The first-order valence-corrected chi connectivity index (χ1v) is 8.24. The van der Waals surface area contributed by atoms with Crippen LogP contribution in [0.1, 0.15) is 15.9 Å². The fraction of sp³-hybridized carbons (Fsp3) is 0.100. The van der Waals surface area contributed by atoms with Crippen LogP contribution >= 0.6 is 11.6 Å². The average Bonchev–Trinajstić information content (AvgIpc) is 2.68. The number of carbonyl (C=O) groups excluding carboxylic acids is 1. The van der Waals surface area contributed by atoms with Gasteiger partial charge in [-0.2, -0.15) is 0 Å². The van der Waals surface area contributed by atoms with Crippen molar-refractivity contribution in [2.75, 3.05) is 7.11 Å². The predicted octanol–water partition coefficient (Wildman–Crippen LogP) is 4.06. The van der Waals surface area contributed by atoms with Crippen molar-refractivity contribution in [3.8, 4) is 16.9 Å². The van der Waals surface area contributed by atoms with Gasteiger partial charge in [-0.05, 0) is 29.3 Å². The molecule has 132 valence electrons. The number of esters is 1. The van der Waals surface area contributed by atoms with Gasteiger partial charge in [0.05, 0.1) is 17.7 Å². The molecule has 0 saturated heterocycles. The molecule has 0 aliphatic carbocycles. The largest absolute Gasteiger partial charge is 0.487 e. The van der Waals surface area contributed by atoms with E-state index in [1.807, 2.05) is 30.3 Å². The molecule has 1 N–H and O–H groups in total. The van der Waals surface area contributed by atoms with Crippen molar-refractivity contribution in [3.05, 3.63) is 87.3 Å². The monoisotopic (exact) mass is 369 g/mol. The number of benzene rings is 2. The van der Waals surface area contributed by atoms with Crippen LogP contribution in [-0.4, -0.2) is 18.1 Å². The highest BCUT2D eigenvalue weighted by Gasteiger charge is 2.12. The van der Waals surface area contributed by atoms with Crippen molar-refractivity contribution < 1.29 is 14.3 Å². The maximum atomic E-state index is 12.2. The van der Waals surface area contributed by atoms with E-state index in [0.29, 0.717) is 28.5 Å². The van der Waals surface area contributed by atoms with E-state index < -0.39 is 5.97 Å². The fourth-order valence-electron chi connectivity index (χ4n) is 2.45. The van der Waals surface area contributed by atoms with E-state index in [1.165, 1.54) is 19.4 Å². The number of aromatic nitrogens is 1. The standard InChI is InChI=1S/C20H16ClNO4/c1-25-20(24)15-9-16(19(23)22-11-15)14-7-8-17(21)18(10-14)26-12-13-5-3-2-4-6-13/h2-11H,12H2,1H3,(H,22,23). The lowest BCUT2D eigenvalue weighted by atomic mass is 10.1. The predicted molar refractivity (Wildman–Crippen MR) is 99.6 cm³/mol. The highest BCUT2D eigenvalue weighted by molar-refractivity contribution is 6.32. The van der Waals surface area contributed by atoms with E-state index in [0.717, 1.165) is 5.56 Å². The van der Waals surface area contributed by atoms with E-state index in [-0.39, 0.29) is 11.1 Å². The van der Waals surface area contributed by atoms with Crippen molar-refractivity contribution in [2.24, 2.45) is 0 Å².